The molecule has 0 saturated heterocycles. The minimum Gasteiger partial charge on any atom is -0.309 e. The highest BCUT2D eigenvalue weighted by Crippen LogP contribution is 2.52. The molecule has 0 fully saturated rings. The summed E-state index contributed by atoms with van der Waals surface area (Å²) >= 11 is 1.84. The maximum atomic E-state index is 5.02. The zero-order valence-corrected chi connectivity index (χ0v) is 25.5. The van der Waals surface area contributed by atoms with Gasteiger partial charge in [0, 0.05) is 48.7 Å². The third-order valence-electron chi connectivity index (χ3n) is 8.46. The second-order valence-corrected chi connectivity index (χ2v) is 12.3. The van der Waals surface area contributed by atoms with Crippen molar-refractivity contribution >= 4 is 22.7 Å². The van der Waals surface area contributed by atoms with Gasteiger partial charge in [0.15, 0.2) is 17.5 Å². The molecule has 2 aromatic heterocycles. The molecule has 216 valence electrons. The van der Waals surface area contributed by atoms with Crippen LogP contribution in [0.5, 0.6) is 0 Å². The predicted molar refractivity (Wildman–Crippen MR) is 188 cm³/mol. The number of fused-ring (bicyclic) bond motifs is 7. The van der Waals surface area contributed by atoms with Crippen molar-refractivity contribution < 1.29 is 0 Å². The van der Waals surface area contributed by atoms with E-state index in [0.717, 1.165) is 27.9 Å². The van der Waals surface area contributed by atoms with Gasteiger partial charge in [-0.05, 0) is 35.9 Å². The van der Waals surface area contributed by atoms with E-state index >= 15 is 0 Å². The first kappa shape index (κ1) is 26.6. The Morgan fingerprint density at radius 3 is 1.65 bits per heavy atom. The molecule has 6 aromatic carbocycles. The van der Waals surface area contributed by atoms with Crippen LogP contribution in [0.15, 0.2) is 168 Å². The molecular weight excluding hydrogens is 581 g/mol. The van der Waals surface area contributed by atoms with Crippen LogP contribution >= 0.6 is 11.8 Å². The number of hydrogen-bond donors (Lipinski definition) is 0. The van der Waals surface area contributed by atoms with Gasteiger partial charge in [-0.15, -0.1) is 0 Å². The van der Waals surface area contributed by atoms with Crippen molar-refractivity contribution in [2.45, 2.75) is 9.79 Å². The lowest BCUT2D eigenvalue weighted by atomic mass is 9.98. The first-order valence-corrected chi connectivity index (χ1v) is 16.1. The Hall–Kier alpha value is -5.78. The second-order valence-electron chi connectivity index (χ2n) is 11.3. The van der Waals surface area contributed by atoms with Crippen molar-refractivity contribution in [1.29, 1.82) is 0 Å². The molecule has 0 amide bonds. The Morgan fingerprint density at radius 2 is 0.957 bits per heavy atom. The fraction of sp³-hybridized carbons (Fsp3) is 0. The number of benzene rings is 6. The van der Waals surface area contributed by atoms with Crippen LogP contribution < -0.4 is 0 Å². The van der Waals surface area contributed by atoms with E-state index in [4.69, 9.17) is 15.0 Å². The summed E-state index contributed by atoms with van der Waals surface area (Å²) < 4.78 is 2.41. The molecular formula is C41H26N4S. The summed E-state index contributed by atoms with van der Waals surface area (Å²) in [7, 11) is 0. The smallest absolute Gasteiger partial charge is 0.164 e. The standard InChI is InChI=1S/C41H26N4S/c1-3-14-27(15-4-1)39-42-40(28-16-5-2-6-17-28)44-41(43-39)29-18-13-19-30(26-29)45-34-23-10-7-20-31(34)37-32-21-8-11-24-35(32)46-36-25-12-9-22-33(36)38(37)45/h1-26H. The van der Waals surface area contributed by atoms with Gasteiger partial charge in [0.05, 0.1) is 11.2 Å². The van der Waals surface area contributed by atoms with Crippen molar-refractivity contribution in [3.63, 3.8) is 0 Å². The van der Waals surface area contributed by atoms with Crippen LogP contribution in [0.2, 0.25) is 0 Å². The van der Waals surface area contributed by atoms with E-state index < -0.39 is 0 Å². The molecule has 0 spiro atoms. The van der Waals surface area contributed by atoms with Gasteiger partial charge >= 0.3 is 0 Å². The van der Waals surface area contributed by atoms with Crippen LogP contribution in [0.25, 0.3) is 73.1 Å². The van der Waals surface area contributed by atoms with E-state index in [1.54, 1.807) is 0 Å². The number of nitrogens with zero attached hydrogens (tertiary/aromatic N) is 4. The molecule has 0 saturated carbocycles. The Balaban J connectivity index is 1.30. The van der Waals surface area contributed by atoms with Crippen molar-refractivity contribution in [1.82, 2.24) is 19.5 Å². The lowest BCUT2D eigenvalue weighted by Gasteiger charge is -2.15. The van der Waals surface area contributed by atoms with Crippen molar-refractivity contribution in [2.75, 3.05) is 0 Å². The SMILES string of the molecule is c1ccc(-c2nc(-c3ccccc3)nc(-c3cccc(-n4c5c(c6ccccc64)-c4ccccc4Sc4ccccc4-5)c3)n2)cc1. The van der Waals surface area contributed by atoms with Crippen LogP contribution in [0, 0.1) is 0 Å². The number of para-hydroxylation sites is 1. The Bertz CT molecular complexity index is 2340. The number of aromatic nitrogens is 4. The monoisotopic (exact) mass is 606 g/mol. The zero-order chi connectivity index (χ0) is 30.5. The lowest BCUT2D eigenvalue weighted by Crippen LogP contribution is -2.02. The van der Waals surface area contributed by atoms with Gasteiger partial charge in [0.1, 0.15) is 0 Å². The van der Waals surface area contributed by atoms with Crippen LogP contribution in [-0.4, -0.2) is 19.5 Å². The molecule has 3 heterocycles. The van der Waals surface area contributed by atoms with Crippen molar-refractivity contribution in [2.24, 2.45) is 0 Å². The molecule has 1 aliphatic rings. The van der Waals surface area contributed by atoms with E-state index in [-0.39, 0.29) is 0 Å². The quantitative estimate of drug-likeness (QED) is 0.200. The van der Waals surface area contributed by atoms with E-state index in [1.807, 2.05) is 72.4 Å². The Labute approximate surface area is 271 Å². The van der Waals surface area contributed by atoms with E-state index in [2.05, 4.69) is 102 Å². The van der Waals surface area contributed by atoms with Crippen LogP contribution in [-0.2, 0) is 0 Å². The normalized spacial score (nSPS) is 11.8. The molecule has 0 bridgehead atoms. The van der Waals surface area contributed by atoms with Crippen LogP contribution in [0.3, 0.4) is 0 Å². The summed E-state index contributed by atoms with van der Waals surface area (Å²) in [6, 6.07) is 55.0. The molecule has 0 radical (unpaired) electrons. The lowest BCUT2D eigenvalue weighted by molar-refractivity contribution is 1.07. The first-order valence-electron chi connectivity index (χ1n) is 15.3. The largest absolute Gasteiger partial charge is 0.309 e. The van der Waals surface area contributed by atoms with Gasteiger partial charge < -0.3 is 4.57 Å². The highest BCUT2D eigenvalue weighted by atomic mass is 32.2. The maximum Gasteiger partial charge on any atom is 0.164 e. The molecule has 9 rings (SSSR count). The Kier molecular flexibility index (Phi) is 6.35. The average molecular weight is 607 g/mol. The second kappa shape index (κ2) is 11.0. The van der Waals surface area contributed by atoms with Gasteiger partial charge in [-0.25, -0.2) is 15.0 Å². The molecule has 0 N–H and O–H groups in total. The van der Waals surface area contributed by atoms with Crippen molar-refractivity contribution in [3.8, 4) is 62.2 Å². The first-order chi connectivity index (χ1) is 22.8. The summed E-state index contributed by atoms with van der Waals surface area (Å²) in [6.45, 7) is 0. The van der Waals surface area contributed by atoms with E-state index in [9.17, 15) is 0 Å². The number of hydrogen-bond acceptors (Lipinski definition) is 4. The molecule has 0 unspecified atom stereocenters. The molecule has 4 nitrogen and oxygen atoms in total. The highest BCUT2D eigenvalue weighted by molar-refractivity contribution is 7.99. The van der Waals surface area contributed by atoms with Gasteiger partial charge in [-0.2, -0.15) is 0 Å². The maximum absolute atomic E-state index is 5.02. The topological polar surface area (TPSA) is 43.6 Å². The molecule has 46 heavy (non-hydrogen) atoms. The van der Waals surface area contributed by atoms with Gasteiger partial charge in [0.2, 0.25) is 0 Å². The van der Waals surface area contributed by atoms with Crippen molar-refractivity contribution in [3.05, 3.63) is 158 Å². The van der Waals surface area contributed by atoms with E-state index in [1.165, 1.54) is 37.6 Å². The molecule has 0 aliphatic carbocycles. The number of rotatable bonds is 4. The van der Waals surface area contributed by atoms with Gasteiger partial charge in [-0.3, -0.25) is 0 Å². The summed E-state index contributed by atoms with van der Waals surface area (Å²) in [5.41, 5.74) is 9.97. The summed E-state index contributed by atoms with van der Waals surface area (Å²) in [4.78, 5) is 17.4. The van der Waals surface area contributed by atoms with Crippen LogP contribution in [0.1, 0.15) is 0 Å². The third kappa shape index (κ3) is 4.44. The predicted octanol–water partition coefficient (Wildman–Crippen LogP) is 10.6. The molecule has 0 atom stereocenters. The minimum absolute atomic E-state index is 0.637. The third-order valence-corrected chi connectivity index (χ3v) is 9.61. The molecule has 1 aliphatic heterocycles. The summed E-state index contributed by atoms with van der Waals surface area (Å²) in [5, 5.41) is 1.23. The molecule has 8 aromatic rings. The van der Waals surface area contributed by atoms with Gasteiger partial charge in [-0.1, -0.05) is 139 Å². The highest BCUT2D eigenvalue weighted by Gasteiger charge is 2.27. The van der Waals surface area contributed by atoms with Gasteiger partial charge in [0.25, 0.3) is 0 Å². The summed E-state index contributed by atoms with van der Waals surface area (Å²) in [5.74, 6) is 1.94. The zero-order valence-electron chi connectivity index (χ0n) is 24.7. The average Bonchev–Trinajstić information content (AvgIpc) is 3.40. The fourth-order valence-corrected chi connectivity index (χ4v) is 7.47. The fourth-order valence-electron chi connectivity index (χ4n) is 6.39. The Morgan fingerprint density at radius 1 is 0.435 bits per heavy atom. The van der Waals surface area contributed by atoms with Crippen LogP contribution in [0.4, 0.5) is 0 Å². The minimum atomic E-state index is 0.637. The summed E-state index contributed by atoms with van der Waals surface area (Å²) in [6.07, 6.45) is 0. The van der Waals surface area contributed by atoms with E-state index in [0.29, 0.717) is 17.5 Å². The molecule has 5 heteroatoms.